The van der Waals surface area contributed by atoms with E-state index in [4.69, 9.17) is 9.47 Å². The SMILES string of the molecule is Cc1ncsc1-c1ccc(CNC(=O)[C@@H]2C[C@@H](O)CN2C(=O)C(NC(=O)COC2CC(Oc3ccc(N4CCNCC4)cc3)C2)C(C)(C)C)cc1. The molecule has 4 N–H and O–H groups in total. The minimum Gasteiger partial charge on any atom is -0.490 e. The monoisotopic (exact) mass is 718 g/mol. The number of ether oxygens (including phenoxy) is 2. The molecule has 1 saturated carbocycles. The number of hydrogen-bond donors (Lipinski definition) is 4. The molecule has 3 amide bonds. The van der Waals surface area contributed by atoms with Crippen molar-refractivity contribution < 1.29 is 29.0 Å². The van der Waals surface area contributed by atoms with Crippen molar-refractivity contribution in [2.45, 2.75) is 83.9 Å². The zero-order valence-electron chi connectivity index (χ0n) is 29.9. The summed E-state index contributed by atoms with van der Waals surface area (Å²) < 4.78 is 12.0. The van der Waals surface area contributed by atoms with Crippen LogP contribution < -0.4 is 25.6 Å². The van der Waals surface area contributed by atoms with Crippen molar-refractivity contribution >= 4 is 34.7 Å². The van der Waals surface area contributed by atoms with Gasteiger partial charge in [0.15, 0.2) is 0 Å². The maximum atomic E-state index is 13.9. The van der Waals surface area contributed by atoms with E-state index < -0.39 is 35.4 Å². The number of thiazole rings is 1. The standard InChI is InChI=1S/C38H50N6O6S/c1-24-34(51-23-41-24)26-7-5-25(6-8-26)20-40-36(47)32-17-28(45)21-44(32)37(48)35(38(2,3)4)42-33(46)22-49-30-18-31(19-30)50-29-11-9-27(10-12-29)43-15-13-39-14-16-43/h5-12,23,28,30-32,35,39,45H,13-22H2,1-4H3,(H,40,47)(H,42,46)/t28-,30?,31?,32+,35?/m1/s1. The molecule has 3 fully saturated rings. The molecule has 3 aliphatic rings. The molecule has 12 nitrogen and oxygen atoms in total. The predicted octanol–water partition coefficient (Wildman–Crippen LogP) is 3.26. The van der Waals surface area contributed by atoms with Crippen LogP contribution in [0.2, 0.25) is 0 Å². The fraction of sp³-hybridized carbons (Fsp3) is 0.526. The van der Waals surface area contributed by atoms with E-state index in [0.29, 0.717) is 12.8 Å². The maximum Gasteiger partial charge on any atom is 0.246 e. The molecule has 2 saturated heterocycles. The van der Waals surface area contributed by atoms with Gasteiger partial charge in [-0.05, 0) is 47.7 Å². The summed E-state index contributed by atoms with van der Waals surface area (Å²) >= 11 is 1.58. The van der Waals surface area contributed by atoms with Crippen LogP contribution in [-0.4, -0.2) is 102 Å². The number of likely N-dealkylation sites (tertiary alicyclic amines) is 1. The Labute approximate surface area is 303 Å². The van der Waals surface area contributed by atoms with Crippen LogP contribution in [0.3, 0.4) is 0 Å². The molecule has 0 radical (unpaired) electrons. The lowest BCUT2D eigenvalue weighted by molar-refractivity contribution is -0.146. The summed E-state index contributed by atoms with van der Waals surface area (Å²) in [4.78, 5) is 49.5. The van der Waals surface area contributed by atoms with Crippen LogP contribution in [0.1, 0.15) is 51.3 Å². The number of amides is 3. The quantitative estimate of drug-likeness (QED) is 0.222. The smallest absolute Gasteiger partial charge is 0.246 e. The molecule has 0 bridgehead atoms. The van der Waals surface area contributed by atoms with E-state index in [1.54, 1.807) is 11.3 Å². The van der Waals surface area contributed by atoms with E-state index in [1.807, 2.05) is 69.6 Å². The van der Waals surface area contributed by atoms with Gasteiger partial charge in [0.1, 0.15) is 30.5 Å². The summed E-state index contributed by atoms with van der Waals surface area (Å²) in [5, 5.41) is 19.7. The van der Waals surface area contributed by atoms with E-state index >= 15 is 0 Å². The van der Waals surface area contributed by atoms with Crippen molar-refractivity contribution in [3.8, 4) is 16.2 Å². The minimum atomic E-state index is -0.918. The first kappa shape index (κ1) is 36.7. The number of β-amino-alcohol motifs (C(OH)–C–C–N with tert-alkyl or cyclic N) is 1. The molecular weight excluding hydrogens is 669 g/mol. The number of carbonyl (C=O) groups is 3. The lowest BCUT2D eigenvalue weighted by atomic mass is 9.85. The summed E-state index contributed by atoms with van der Waals surface area (Å²) in [6.45, 7) is 11.6. The van der Waals surface area contributed by atoms with Crippen molar-refractivity contribution in [3.63, 3.8) is 0 Å². The fourth-order valence-corrected chi connectivity index (χ4v) is 7.59. The number of rotatable bonds is 12. The Morgan fingerprint density at radius 2 is 1.73 bits per heavy atom. The number of aryl methyl sites for hydroxylation is 1. The highest BCUT2D eigenvalue weighted by Gasteiger charge is 2.44. The van der Waals surface area contributed by atoms with E-state index in [2.05, 4.69) is 38.0 Å². The first-order chi connectivity index (χ1) is 24.4. The van der Waals surface area contributed by atoms with Crippen LogP contribution in [0.25, 0.3) is 10.4 Å². The predicted molar refractivity (Wildman–Crippen MR) is 197 cm³/mol. The normalized spacial score (nSPS) is 22.6. The number of benzene rings is 2. The fourth-order valence-electron chi connectivity index (χ4n) is 6.78. The van der Waals surface area contributed by atoms with E-state index in [-0.39, 0.29) is 44.2 Å². The molecule has 0 spiro atoms. The Hall–Kier alpha value is -4.04. The van der Waals surface area contributed by atoms with Gasteiger partial charge >= 0.3 is 0 Å². The molecule has 13 heteroatoms. The topological polar surface area (TPSA) is 145 Å². The Morgan fingerprint density at radius 1 is 1.02 bits per heavy atom. The molecule has 6 rings (SSSR count). The highest BCUT2D eigenvalue weighted by atomic mass is 32.1. The van der Waals surface area contributed by atoms with Crippen LogP contribution in [0.5, 0.6) is 5.75 Å². The summed E-state index contributed by atoms with van der Waals surface area (Å²) in [5.74, 6) is -0.343. The Bertz CT molecular complexity index is 1650. The third-order valence-electron chi connectivity index (χ3n) is 9.83. The summed E-state index contributed by atoms with van der Waals surface area (Å²) in [5.41, 5.74) is 5.31. The summed E-state index contributed by atoms with van der Waals surface area (Å²) in [6.07, 6.45) is 0.536. The Balaban J connectivity index is 0.962. The Morgan fingerprint density at radius 3 is 2.37 bits per heavy atom. The average Bonchev–Trinajstić information content (AvgIpc) is 3.72. The van der Waals surface area contributed by atoms with Crippen LogP contribution in [-0.2, 0) is 25.7 Å². The lowest BCUT2D eigenvalue weighted by Gasteiger charge is -2.36. The molecular formula is C38H50N6O6S. The van der Waals surface area contributed by atoms with Gasteiger partial charge in [-0.15, -0.1) is 11.3 Å². The molecule has 1 aliphatic carbocycles. The molecule has 3 aromatic rings. The van der Waals surface area contributed by atoms with Gasteiger partial charge < -0.3 is 40.3 Å². The largest absolute Gasteiger partial charge is 0.490 e. The molecule has 2 aromatic carbocycles. The number of piperazine rings is 1. The number of anilines is 1. The second-order valence-corrected chi connectivity index (χ2v) is 15.7. The number of aliphatic hydroxyl groups is 1. The number of carbonyl (C=O) groups excluding carboxylic acids is 3. The van der Waals surface area contributed by atoms with Crippen molar-refractivity contribution in [1.82, 2.24) is 25.8 Å². The van der Waals surface area contributed by atoms with Gasteiger partial charge in [0.25, 0.3) is 0 Å². The molecule has 3 atom stereocenters. The number of aliphatic hydroxyl groups excluding tert-OH is 1. The van der Waals surface area contributed by atoms with Crippen LogP contribution >= 0.6 is 11.3 Å². The zero-order valence-corrected chi connectivity index (χ0v) is 30.7. The first-order valence-electron chi connectivity index (χ1n) is 17.8. The van der Waals surface area contributed by atoms with Crippen LogP contribution in [0.15, 0.2) is 54.0 Å². The van der Waals surface area contributed by atoms with Gasteiger partial charge in [0.05, 0.1) is 28.3 Å². The molecule has 2 aliphatic heterocycles. The zero-order chi connectivity index (χ0) is 36.1. The highest BCUT2D eigenvalue weighted by molar-refractivity contribution is 7.13. The molecule has 1 aromatic heterocycles. The van der Waals surface area contributed by atoms with E-state index in [0.717, 1.165) is 53.6 Å². The van der Waals surface area contributed by atoms with Crippen LogP contribution in [0, 0.1) is 12.3 Å². The van der Waals surface area contributed by atoms with Crippen LogP contribution in [0.4, 0.5) is 5.69 Å². The van der Waals surface area contributed by atoms with Gasteiger partial charge in [0, 0.05) is 64.2 Å². The van der Waals surface area contributed by atoms with Gasteiger partial charge in [-0.25, -0.2) is 4.98 Å². The number of nitrogens with zero attached hydrogens (tertiary/aromatic N) is 3. The molecule has 3 heterocycles. The van der Waals surface area contributed by atoms with E-state index in [1.165, 1.54) is 10.6 Å². The van der Waals surface area contributed by atoms with Crippen molar-refractivity contribution in [2.75, 3.05) is 44.2 Å². The second kappa shape index (κ2) is 16.1. The first-order valence-corrected chi connectivity index (χ1v) is 18.7. The third kappa shape index (κ3) is 9.26. The maximum absolute atomic E-state index is 13.9. The van der Waals surface area contributed by atoms with Gasteiger partial charge in [-0.2, -0.15) is 0 Å². The highest BCUT2D eigenvalue weighted by Crippen LogP contribution is 2.31. The van der Waals surface area contributed by atoms with Crippen molar-refractivity contribution in [1.29, 1.82) is 0 Å². The minimum absolute atomic E-state index is 0.0146. The molecule has 1 unspecified atom stereocenters. The third-order valence-corrected chi connectivity index (χ3v) is 10.8. The summed E-state index contributed by atoms with van der Waals surface area (Å²) in [7, 11) is 0. The van der Waals surface area contributed by atoms with Crippen molar-refractivity contribution in [2.24, 2.45) is 5.41 Å². The van der Waals surface area contributed by atoms with E-state index in [9.17, 15) is 19.5 Å². The van der Waals surface area contributed by atoms with Gasteiger partial charge in [0.2, 0.25) is 17.7 Å². The average molecular weight is 719 g/mol. The number of hydrogen-bond acceptors (Lipinski definition) is 10. The van der Waals surface area contributed by atoms with Gasteiger partial charge in [-0.1, -0.05) is 45.0 Å². The van der Waals surface area contributed by atoms with Crippen molar-refractivity contribution in [3.05, 3.63) is 65.3 Å². The molecule has 274 valence electrons. The lowest BCUT2D eigenvalue weighted by Crippen LogP contribution is -2.58. The van der Waals surface area contributed by atoms with Gasteiger partial charge in [-0.3, -0.25) is 14.4 Å². The Kier molecular flexibility index (Phi) is 11.6. The number of aromatic nitrogens is 1. The molecule has 51 heavy (non-hydrogen) atoms. The summed E-state index contributed by atoms with van der Waals surface area (Å²) in [6, 6.07) is 14.3. The number of nitrogens with one attached hydrogen (secondary N) is 3. The second-order valence-electron chi connectivity index (χ2n) is 14.8.